The van der Waals surface area contributed by atoms with Crippen LogP contribution < -0.4 is 10.6 Å². The molecule has 0 aliphatic carbocycles. The van der Waals surface area contributed by atoms with Gasteiger partial charge < -0.3 is 15.4 Å². The molecule has 8 nitrogen and oxygen atoms in total. The van der Waals surface area contributed by atoms with Crippen LogP contribution in [0.2, 0.25) is 5.02 Å². The van der Waals surface area contributed by atoms with Crippen molar-refractivity contribution >= 4 is 50.7 Å². The van der Waals surface area contributed by atoms with Gasteiger partial charge in [-0.3, -0.25) is 4.79 Å². The molecular weight excluding hydrogens is 532 g/mol. The summed E-state index contributed by atoms with van der Waals surface area (Å²) in [6.45, 7) is 1.18. The lowest BCUT2D eigenvalue weighted by molar-refractivity contribution is -0.112. The van der Waals surface area contributed by atoms with E-state index in [0.717, 1.165) is 9.79 Å². The van der Waals surface area contributed by atoms with E-state index in [9.17, 15) is 18.5 Å². The summed E-state index contributed by atoms with van der Waals surface area (Å²) in [6.07, 6.45) is 1.20. The lowest BCUT2D eigenvalue weighted by Crippen LogP contribution is -2.40. The Labute approximate surface area is 224 Å². The lowest BCUT2D eigenvalue weighted by atomic mass is 10.2. The zero-order chi connectivity index (χ0) is 26.3. The van der Waals surface area contributed by atoms with E-state index < -0.39 is 15.9 Å². The third kappa shape index (κ3) is 6.71. The first-order valence-corrected chi connectivity index (χ1v) is 13.9. The molecule has 0 bridgehead atoms. The molecule has 1 aliphatic heterocycles. The molecule has 190 valence electrons. The van der Waals surface area contributed by atoms with Crippen molar-refractivity contribution in [2.45, 2.75) is 14.7 Å². The van der Waals surface area contributed by atoms with Gasteiger partial charge in [0.05, 0.1) is 34.5 Å². The number of carbonyl (C=O) groups is 1. The molecule has 1 heterocycles. The first-order chi connectivity index (χ1) is 17.9. The molecule has 0 spiro atoms. The Bertz CT molecular complexity index is 1450. The molecule has 0 saturated carbocycles. The highest BCUT2D eigenvalue weighted by atomic mass is 35.5. The second kappa shape index (κ2) is 12.3. The second-order valence-corrected chi connectivity index (χ2v) is 11.3. The highest BCUT2D eigenvalue weighted by Gasteiger charge is 2.27. The first kappa shape index (κ1) is 26.7. The van der Waals surface area contributed by atoms with Gasteiger partial charge in [0, 0.05) is 29.1 Å². The van der Waals surface area contributed by atoms with Crippen molar-refractivity contribution in [2.24, 2.45) is 0 Å². The van der Waals surface area contributed by atoms with Crippen molar-refractivity contribution in [1.29, 1.82) is 5.26 Å². The Morgan fingerprint density at radius 2 is 1.73 bits per heavy atom. The van der Waals surface area contributed by atoms with Gasteiger partial charge in [0.2, 0.25) is 10.0 Å². The van der Waals surface area contributed by atoms with Gasteiger partial charge in [-0.1, -0.05) is 53.7 Å². The van der Waals surface area contributed by atoms with Crippen LogP contribution in [0.3, 0.4) is 0 Å². The predicted molar refractivity (Wildman–Crippen MR) is 144 cm³/mol. The molecule has 3 aromatic rings. The molecule has 1 fully saturated rings. The molecule has 0 atom stereocenters. The molecule has 37 heavy (non-hydrogen) atoms. The van der Waals surface area contributed by atoms with Crippen molar-refractivity contribution in [3.05, 3.63) is 89.6 Å². The molecule has 0 aromatic heterocycles. The second-order valence-electron chi connectivity index (χ2n) is 7.84. The number of anilines is 2. The van der Waals surface area contributed by atoms with E-state index in [-0.39, 0.29) is 34.3 Å². The van der Waals surface area contributed by atoms with Crippen LogP contribution in [-0.2, 0) is 19.6 Å². The molecule has 11 heteroatoms. The number of nitrogens with one attached hydrogen (secondary N) is 2. The van der Waals surface area contributed by atoms with E-state index in [1.54, 1.807) is 12.1 Å². The van der Waals surface area contributed by atoms with Crippen molar-refractivity contribution in [3.63, 3.8) is 0 Å². The summed E-state index contributed by atoms with van der Waals surface area (Å²) in [5.41, 5.74) is 0.591. The zero-order valence-corrected chi connectivity index (χ0v) is 21.9. The van der Waals surface area contributed by atoms with Gasteiger partial charge in [-0.2, -0.15) is 9.57 Å². The largest absolute Gasteiger partial charge is 0.379 e. The molecule has 1 aliphatic rings. The molecular formula is C26H23ClN4O4S2. The van der Waals surface area contributed by atoms with Gasteiger partial charge in [-0.05, 0) is 42.5 Å². The Morgan fingerprint density at radius 3 is 2.46 bits per heavy atom. The summed E-state index contributed by atoms with van der Waals surface area (Å²) < 4.78 is 32.6. The topological polar surface area (TPSA) is 112 Å². The summed E-state index contributed by atoms with van der Waals surface area (Å²) in [4.78, 5) is 14.8. The van der Waals surface area contributed by atoms with Gasteiger partial charge >= 0.3 is 0 Å². The van der Waals surface area contributed by atoms with Crippen LogP contribution in [0.25, 0.3) is 0 Å². The molecule has 1 amide bonds. The third-order valence-corrected chi connectivity index (χ3v) is 8.70. The number of nitrogens with zero attached hydrogens (tertiary/aromatic N) is 2. The number of rotatable bonds is 8. The van der Waals surface area contributed by atoms with Crippen molar-refractivity contribution in [1.82, 2.24) is 4.31 Å². The Morgan fingerprint density at radius 1 is 1.03 bits per heavy atom. The maximum Gasteiger partial charge on any atom is 0.267 e. The lowest BCUT2D eigenvalue weighted by Gasteiger charge is -2.26. The summed E-state index contributed by atoms with van der Waals surface area (Å²) in [6, 6.07) is 23.1. The Hall–Kier alpha value is -3.33. The number of benzene rings is 3. The molecule has 1 saturated heterocycles. The summed E-state index contributed by atoms with van der Waals surface area (Å²) in [7, 11) is -3.75. The number of hydrogen-bond acceptors (Lipinski definition) is 7. The summed E-state index contributed by atoms with van der Waals surface area (Å²) in [5, 5.41) is 15.4. The highest BCUT2D eigenvalue weighted by Crippen LogP contribution is 2.33. The van der Waals surface area contributed by atoms with Crippen LogP contribution in [0.4, 0.5) is 11.4 Å². The number of nitriles is 1. The van der Waals surface area contributed by atoms with Crippen molar-refractivity contribution in [3.8, 4) is 6.07 Å². The minimum absolute atomic E-state index is 0.0459. The van der Waals surface area contributed by atoms with E-state index in [2.05, 4.69) is 10.6 Å². The van der Waals surface area contributed by atoms with Crippen LogP contribution in [0.15, 0.2) is 99.3 Å². The average molecular weight is 555 g/mol. The fourth-order valence-electron chi connectivity index (χ4n) is 3.47. The maximum atomic E-state index is 13.0. The number of amides is 1. The molecule has 3 aromatic carbocycles. The number of para-hydroxylation sites is 1. The Balaban J connectivity index is 1.51. The van der Waals surface area contributed by atoms with Crippen molar-refractivity contribution in [2.75, 3.05) is 36.9 Å². The van der Waals surface area contributed by atoms with Gasteiger partial charge in [-0.25, -0.2) is 8.42 Å². The number of sulfonamides is 1. The first-order valence-electron chi connectivity index (χ1n) is 11.3. The van der Waals surface area contributed by atoms with Crippen LogP contribution >= 0.6 is 23.4 Å². The van der Waals surface area contributed by atoms with Gasteiger partial charge in [0.25, 0.3) is 5.91 Å². The van der Waals surface area contributed by atoms with E-state index in [4.69, 9.17) is 16.3 Å². The SMILES string of the molecule is N#C/C(=C/Nc1cc(S(=O)(=O)N2CCOCC2)ccc1Cl)C(=O)Nc1ccccc1Sc1ccccc1. The smallest absolute Gasteiger partial charge is 0.267 e. The fourth-order valence-corrected chi connectivity index (χ4v) is 6.00. The van der Waals surface area contributed by atoms with Crippen LogP contribution in [-0.4, -0.2) is 44.9 Å². The zero-order valence-electron chi connectivity index (χ0n) is 19.6. The monoisotopic (exact) mass is 554 g/mol. The molecule has 4 rings (SSSR count). The summed E-state index contributed by atoms with van der Waals surface area (Å²) >= 11 is 7.74. The minimum Gasteiger partial charge on any atom is -0.379 e. The van der Waals surface area contributed by atoms with E-state index >= 15 is 0 Å². The maximum absolute atomic E-state index is 13.0. The van der Waals surface area contributed by atoms with Crippen LogP contribution in [0.1, 0.15) is 0 Å². The molecule has 0 unspecified atom stereocenters. The van der Waals surface area contributed by atoms with Crippen LogP contribution in [0, 0.1) is 11.3 Å². The number of ether oxygens (including phenoxy) is 1. The third-order valence-electron chi connectivity index (χ3n) is 5.39. The van der Waals surface area contributed by atoms with Gasteiger partial charge in [-0.15, -0.1) is 0 Å². The number of hydrogen-bond donors (Lipinski definition) is 2. The van der Waals surface area contributed by atoms with Gasteiger partial charge in [0.15, 0.2) is 0 Å². The highest BCUT2D eigenvalue weighted by molar-refractivity contribution is 7.99. The normalized spacial score (nSPS) is 14.5. The van der Waals surface area contributed by atoms with E-state index in [1.165, 1.54) is 40.5 Å². The number of morpholine rings is 1. The minimum atomic E-state index is -3.75. The number of carbonyl (C=O) groups excluding carboxylic acids is 1. The molecule has 2 N–H and O–H groups in total. The molecule has 0 radical (unpaired) electrons. The predicted octanol–water partition coefficient (Wildman–Crippen LogP) is 4.97. The van der Waals surface area contributed by atoms with E-state index in [0.29, 0.717) is 18.9 Å². The Kier molecular flexibility index (Phi) is 8.87. The average Bonchev–Trinajstić information content (AvgIpc) is 2.92. The fraction of sp³-hybridized carbons (Fsp3) is 0.154. The standard InChI is InChI=1S/C26H23ClN4O4S2/c27-22-11-10-21(37(33,34)31-12-14-35-15-13-31)16-24(22)29-18-19(17-28)26(32)30-23-8-4-5-9-25(23)36-20-6-2-1-3-7-20/h1-11,16,18,29H,12-15H2,(H,30,32)/b19-18-. The van der Waals surface area contributed by atoms with E-state index in [1.807, 2.05) is 48.5 Å². The van der Waals surface area contributed by atoms with Crippen molar-refractivity contribution < 1.29 is 17.9 Å². The van der Waals surface area contributed by atoms with Gasteiger partial charge in [0.1, 0.15) is 11.6 Å². The number of halogens is 1. The summed E-state index contributed by atoms with van der Waals surface area (Å²) in [5.74, 6) is -0.621. The quantitative estimate of drug-likeness (QED) is 0.299. The van der Waals surface area contributed by atoms with Crippen LogP contribution in [0.5, 0.6) is 0 Å².